The van der Waals surface area contributed by atoms with Crippen molar-refractivity contribution in [1.29, 1.82) is 0 Å². The van der Waals surface area contributed by atoms with Gasteiger partial charge in [0.05, 0.1) is 13.2 Å². The minimum atomic E-state index is -0.672. The molecule has 0 amide bonds. The van der Waals surface area contributed by atoms with Gasteiger partial charge in [0.2, 0.25) is 0 Å². The Bertz CT molecular complexity index is 417. The first kappa shape index (κ1) is 15.2. The van der Waals surface area contributed by atoms with E-state index in [9.17, 15) is 10.2 Å². The number of hydrogen-bond donors (Lipinski definition) is 2. The van der Waals surface area contributed by atoms with E-state index in [4.69, 9.17) is 9.47 Å². The summed E-state index contributed by atoms with van der Waals surface area (Å²) in [7, 11) is 1.62. The summed E-state index contributed by atoms with van der Waals surface area (Å²) in [5, 5.41) is 20.4. The van der Waals surface area contributed by atoms with Crippen molar-refractivity contribution in [2.45, 2.75) is 58.3 Å². The van der Waals surface area contributed by atoms with Crippen molar-refractivity contribution in [3.8, 4) is 0 Å². The number of fused-ring (bicyclic) bond motifs is 3. The average molecular weight is 296 g/mol. The molecular weight excluding hydrogens is 268 g/mol. The number of methoxy groups -OCH3 is 1. The highest BCUT2D eigenvalue weighted by molar-refractivity contribution is 5.11. The van der Waals surface area contributed by atoms with Crippen molar-refractivity contribution in [3.63, 3.8) is 0 Å². The lowest BCUT2D eigenvalue weighted by atomic mass is 9.62. The summed E-state index contributed by atoms with van der Waals surface area (Å²) in [5.74, 6) is 3.47. The maximum Gasteiger partial charge on any atom is 0.158 e. The lowest BCUT2D eigenvalue weighted by molar-refractivity contribution is -0.249. The summed E-state index contributed by atoms with van der Waals surface area (Å²) >= 11 is 0. The molecule has 3 rings (SSSR count). The third kappa shape index (κ3) is 2.68. The SMILES string of the molecule is COC1=C(O)C[C@@H]2OC(O)[C@@H]3CC(C(C)C)CCC3[C@@H]2C1. The minimum Gasteiger partial charge on any atom is -0.509 e. The molecule has 1 saturated carbocycles. The maximum atomic E-state index is 10.4. The van der Waals surface area contributed by atoms with Crippen LogP contribution in [0.25, 0.3) is 0 Å². The zero-order valence-electron chi connectivity index (χ0n) is 13.3. The molecule has 21 heavy (non-hydrogen) atoms. The molecule has 1 saturated heterocycles. The van der Waals surface area contributed by atoms with Gasteiger partial charge in [0.15, 0.2) is 6.29 Å². The van der Waals surface area contributed by atoms with E-state index in [0.29, 0.717) is 41.6 Å². The number of ether oxygens (including phenoxy) is 2. The van der Waals surface area contributed by atoms with Gasteiger partial charge in [-0.2, -0.15) is 0 Å². The lowest BCUT2D eigenvalue weighted by Crippen LogP contribution is -2.51. The molecule has 0 spiro atoms. The van der Waals surface area contributed by atoms with E-state index < -0.39 is 6.29 Å². The van der Waals surface area contributed by atoms with Crippen LogP contribution in [0.15, 0.2) is 11.5 Å². The molecule has 6 atom stereocenters. The van der Waals surface area contributed by atoms with Gasteiger partial charge in [0, 0.05) is 18.8 Å². The van der Waals surface area contributed by atoms with Crippen LogP contribution in [0.4, 0.5) is 0 Å². The third-order valence-corrected chi connectivity index (χ3v) is 6.03. The highest BCUT2D eigenvalue weighted by atomic mass is 16.6. The van der Waals surface area contributed by atoms with Crippen molar-refractivity contribution in [2.75, 3.05) is 7.11 Å². The standard InChI is InChI=1S/C17H28O4/c1-9(2)10-4-5-11-12-7-16(20-3)14(18)8-15(12)21-17(19)13(11)6-10/h9-13,15,17-19H,4-8H2,1-3H3/t10?,11?,12-,13+,15-,17?/m0/s1. The smallest absolute Gasteiger partial charge is 0.158 e. The van der Waals surface area contributed by atoms with Gasteiger partial charge in [0.1, 0.15) is 11.5 Å². The van der Waals surface area contributed by atoms with Crippen LogP contribution < -0.4 is 0 Å². The van der Waals surface area contributed by atoms with Crippen LogP contribution in [-0.2, 0) is 9.47 Å². The van der Waals surface area contributed by atoms with Gasteiger partial charge in [-0.3, -0.25) is 0 Å². The Balaban J connectivity index is 1.79. The number of rotatable bonds is 2. The van der Waals surface area contributed by atoms with Gasteiger partial charge < -0.3 is 19.7 Å². The predicted octanol–water partition coefficient (Wildman–Crippen LogP) is 3.22. The van der Waals surface area contributed by atoms with Gasteiger partial charge in [-0.25, -0.2) is 0 Å². The molecule has 1 aliphatic heterocycles. The lowest BCUT2D eigenvalue weighted by Gasteiger charge is -2.51. The fraction of sp³-hybridized carbons (Fsp3) is 0.882. The Kier molecular flexibility index (Phi) is 4.19. The summed E-state index contributed by atoms with van der Waals surface area (Å²) in [6, 6.07) is 0. The minimum absolute atomic E-state index is 0.0595. The van der Waals surface area contributed by atoms with Crippen molar-refractivity contribution < 1.29 is 19.7 Å². The van der Waals surface area contributed by atoms with Crippen molar-refractivity contribution in [2.24, 2.45) is 29.6 Å². The predicted molar refractivity (Wildman–Crippen MR) is 79.4 cm³/mol. The zero-order chi connectivity index (χ0) is 15.1. The Hall–Kier alpha value is -0.740. The van der Waals surface area contributed by atoms with Crippen molar-refractivity contribution in [3.05, 3.63) is 11.5 Å². The van der Waals surface area contributed by atoms with Crippen LogP contribution in [0, 0.1) is 29.6 Å². The fourth-order valence-corrected chi connectivity index (χ4v) is 4.70. The van der Waals surface area contributed by atoms with E-state index in [1.807, 2.05) is 0 Å². The van der Waals surface area contributed by atoms with Gasteiger partial charge in [-0.15, -0.1) is 0 Å². The summed E-state index contributed by atoms with van der Waals surface area (Å²) in [6.45, 7) is 4.54. The molecule has 120 valence electrons. The Morgan fingerprint density at radius 3 is 2.57 bits per heavy atom. The van der Waals surface area contributed by atoms with E-state index in [2.05, 4.69) is 13.8 Å². The molecule has 4 heteroatoms. The van der Waals surface area contributed by atoms with Gasteiger partial charge in [-0.05, 0) is 42.9 Å². The quantitative estimate of drug-likeness (QED) is 0.821. The monoisotopic (exact) mass is 296 g/mol. The van der Waals surface area contributed by atoms with E-state index in [0.717, 1.165) is 19.3 Å². The van der Waals surface area contributed by atoms with Crippen LogP contribution in [0.5, 0.6) is 0 Å². The van der Waals surface area contributed by atoms with Gasteiger partial charge >= 0.3 is 0 Å². The van der Waals surface area contributed by atoms with Gasteiger partial charge in [0.25, 0.3) is 0 Å². The first-order valence-electron chi connectivity index (χ1n) is 8.29. The van der Waals surface area contributed by atoms with Crippen molar-refractivity contribution >= 4 is 0 Å². The summed E-state index contributed by atoms with van der Waals surface area (Å²) in [6.07, 6.45) is 3.95. The Morgan fingerprint density at radius 2 is 1.90 bits per heavy atom. The first-order valence-corrected chi connectivity index (χ1v) is 8.29. The topological polar surface area (TPSA) is 58.9 Å². The van der Waals surface area contributed by atoms with Crippen molar-refractivity contribution in [1.82, 2.24) is 0 Å². The van der Waals surface area contributed by atoms with E-state index in [1.165, 1.54) is 6.42 Å². The van der Waals surface area contributed by atoms with Crippen LogP contribution in [0.1, 0.15) is 46.0 Å². The second-order valence-corrected chi connectivity index (χ2v) is 7.36. The zero-order valence-corrected chi connectivity index (χ0v) is 13.3. The Labute approximate surface area is 127 Å². The molecule has 0 aromatic rings. The number of hydrogen-bond acceptors (Lipinski definition) is 4. The molecule has 4 nitrogen and oxygen atoms in total. The van der Waals surface area contributed by atoms with Crippen LogP contribution in [0.3, 0.4) is 0 Å². The molecule has 0 bridgehead atoms. The molecule has 0 radical (unpaired) electrons. The normalized spacial score (nSPS) is 43.5. The molecule has 0 aromatic carbocycles. The molecule has 1 heterocycles. The molecule has 3 aliphatic rings. The van der Waals surface area contributed by atoms with Crippen LogP contribution >= 0.6 is 0 Å². The second kappa shape index (κ2) is 5.81. The molecule has 2 aliphatic carbocycles. The first-order chi connectivity index (χ1) is 10.0. The van der Waals surface area contributed by atoms with E-state index >= 15 is 0 Å². The molecule has 2 fully saturated rings. The molecular formula is C17H28O4. The third-order valence-electron chi connectivity index (χ3n) is 6.03. The number of aliphatic hydroxyl groups is 2. The maximum absolute atomic E-state index is 10.4. The Morgan fingerprint density at radius 1 is 1.14 bits per heavy atom. The fourth-order valence-electron chi connectivity index (χ4n) is 4.70. The highest BCUT2D eigenvalue weighted by Crippen LogP contribution is 2.51. The summed E-state index contributed by atoms with van der Waals surface area (Å²) in [5.41, 5.74) is 0. The number of aliphatic hydroxyl groups excluding tert-OH is 2. The van der Waals surface area contributed by atoms with Crippen LogP contribution in [0.2, 0.25) is 0 Å². The molecule has 3 unspecified atom stereocenters. The number of allylic oxidation sites excluding steroid dienone is 1. The van der Waals surface area contributed by atoms with Crippen LogP contribution in [-0.4, -0.2) is 29.7 Å². The largest absolute Gasteiger partial charge is 0.509 e. The summed E-state index contributed by atoms with van der Waals surface area (Å²) in [4.78, 5) is 0. The average Bonchev–Trinajstić information content (AvgIpc) is 2.46. The van der Waals surface area contributed by atoms with Gasteiger partial charge in [-0.1, -0.05) is 13.8 Å². The molecule has 0 aromatic heterocycles. The highest BCUT2D eigenvalue weighted by Gasteiger charge is 2.49. The second-order valence-electron chi connectivity index (χ2n) is 7.36. The molecule has 2 N–H and O–H groups in total. The van der Waals surface area contributed by atoms with E-state index in [-0.39, 0.29) is 12.0 Å². The summed E-state index contributed by atoms with van der Waals surface area (Å²) < 4.78 is 11.2. The van der Waals surface area contributed by atoms with E-state index in [1.54, 1.807) is 7.11 Å².